The quantitative estimate of drug-likeness (QED) is 0.797. The van der Waals surface area contributed by atoms with Gasteiger partial charge < -0.3 is 15.7 Å². The Bertz CT molecular complexity index is 609. The summed E-state index contributed by atoms with van der Waals surface area (Å²) < 4.78 is 0. The van der Waals surface area contributed by atoms with Crippen molar-refractivity contribution in [2.75, 3.05) is 24.6 Å². The van der Waals surface area contributed by atoms with Gasteiger partial charge in [-0.05, 0) is 18.6 Å². The van der Waals surface area contributed by atoms with Gasteiger partial charge in [0.1, 0.15) is 10.8 Å². The summed E-state index contributed by atoms with van der Waals surface area (Å²) in [6, 6.07) is 9.72. The Kier molecular flexibility index (Phi) is 4.87. The number of pyridine rings is 1. The molecule has 1 aromatic carbocycles. The maximum absolute atomic E-state index is 9.20. The van der Waals surface area contributed by atoms with Gasteiger partial charge in [0.2, 0.25) is 0 Å². The van der Waals surface area contributed by atoms with Crippen LogP contribution in [0, 0.1) is 0 Å². The first-order chi connectivity index (χ1) is 9.67. The first kappa shape index (κ1) is 14.7. The van der Waals surface area contributed by atoms with E-state index in [0.717, 1.165) is 35.2 Å². The highest BCUT2D eigenvalue weighted by Gasteiger charge is 2.12. The topological polar surface area (TPSA) is 62.4 Å². The summed E-state index contributed by atoms with van der Waals surface area (Å²) in [5.41, 5.74) is 7.53. The van der Waals surface area contributed by atoms with Crippen molar-refractivity contribution >= 4 is 33.9 Å². The number of hydrogen-bond acceptors (Lipinski definition) is 4. The van der Waals surface area contributed by atoms with Crippen molar-refractivity contribution in [3.63, 3.8) is 0 Å². The summed E-state index contributed by atoms with van der Waals surface area (Å²) in [6.45, 7) is 3.58. The van der Waals surface area contributed by atoms with E-state index < -0.39 is 0 Å². The van der Waals surface area contributed by atoms with Crippen molar-refractivity contribution in [3.05, 3.63) is 35.9 Å². The number of anilines is 1. The zero-order chi connectivity index (χ0) is 14.5. The molecule has 2 rings (SSSR count). The van der Waals surface area contributed by atoms with Crippen LogP contribution in [0.2, 0.25) is 0 Å². The van der Waals surface area contributed by atoms with Gasteiger partial charge in [-0.3, -0.25) is 0 Å². The highest BCUT2D eigenvalue weighted by atomic mass is 32.1. The van der Waals surface area contributed by atoms with Crippen molar-refractivity contribution < 1.29 is 5.11 Å². The Hall–Kier alpha value is -1.72. The summed E-state index contributed by atoms with van der Waals surface area (Å²) in [4.78, 5) is 7.07. The Balaban J connectivity index is 2.56. The molecule has 0 radical (unpaired) electrons. The average molecular weight is 289 g/mol. The first-order valence-electron chi connectivity index (χ1n) is 6.72. The molecule has 0 fully saturated rings. The number of benzene rings is 1. The third kappa shape index (κ3) is 3.05. The third-order valence-corrected chi connectivity index (χ3v) is 3.38. The number of nitrogens with two attached hydrogens (primary N) is 1. The smallest absolute Gasteiger partial charge is 0.130 e. The lowest BCUT2D eigenvalue weighted by Gasteiger charge is -2.23. The van der Waals surface area contributed by atoms with Crippen LogP contribution in [-0.4, -0.2) is 34.8 Å². The maximum Gasteiger partial charge on any atom is 0.130 e. The van der Waals surface area contributed by atoms with Crippen LogP contribution in [0.3, 0.4) is 0 Å². The standard InChI is InChI=1S/C15H19N3OS/c1-2-7-18(8-9-19)14-10-12(15(16)20)11-5-3-4-6-13(11)17-14/h3-6,10,19H,2,7-9H2,1H3,(H2,16,20). The van der Waals surface area contributed by atoms with Crippen molar-refractivity contribution in [2.24, 2.45) is 5.73 Å². The highest BCUT2D eigenvalue weighted by Crippen LogP contribution is 2.23. The van der Waals surface area contributed by atoms with Crippen LogP contribution in [0.15, 0.2) is 30.3 Å². The number of rotatable bonds is 6. The second-order valence-corrected chi connectivity index (χ2v) is 5.06. The minimum absolute atomic E-state index is 0.0942. The second-order valence-electron chi connectivity index (χ2n) is 4.62. The molecule has 0 saturated carbocycles. The average Bonchev–Trinajstić information content (AvgIpc) is 2.45. The summed E-state index contributed by atoms with van der Waals surface area (Å²) >= 11 is 5.15. The minimum Gasteiger partial charge on any atom is -0.395 e. The molecule has 2 aromatic rings. The van der Waals surface area contributed by atoms with E-state index in [2.05, 4.69) is 11.9 Å². The summed E-state index contributed by atoms with van der Waals surface area (Å²) in [5.74, 6) is 0.808. The number of fused-ring (bicyclic) bond motifs is 1. The second kappa shape index (κ2) is 6.63. The van der Waals surface area contributed by atoms with E-state index >= 15 is 0 Å². The van der Waals surface area contributed by atoms with Gasteiger partial charge in [0, 0.05) is 24.0 Å². The Morgan fingerprint density at radius 3 is 2.75 bits per heavy atom. The molecule has 1 aromatic heterocycles. The molecular weight excluding hydrogens is 270 g/mol. The number of thiocarbonyl (C=S) groups is 1. The fourth-order valence-electron chi connectivity index (χ4n) is 2.26. The fourth-order valence-corrected chi connectivity index (χ4v) is 2.43. The molecule has 5 heteroatoms. The molecule has 0 atom stereocenters. The highest BCUT2D eigenvalue weighted by molar-refractivity contribution is 7.80. The number of para-hydroxylation sites is 1. The molecule has 1 heterocycles. The molecule has 0 amide bonds. The zero-order valence-corrected chi connectivity index (χ0v) is 12.4. The van der Waals surface area contributed by atoms with Gasteiger partial charge >= 0.3 is 0 Å². The van der Waals surface area contributed by atoms with Crippen molar-refractivity contribution in [2.45, 2.75) is 13.3 Å². The predicted molar refractivity (Wildman–Crippen MR) is 87.2 cm³/mol. The van der Waals surface area contributed by atoms with Crippen molar-refractivity contribution in [3.8, 4) is 0 Å². The van der Waals surface area contributed by atoms with Crippen LogP contribution in [0.5, 0.6) is 0 Å². The third-order valence-electron chi connectivity index (χ3n) is 3.16. The molecule has 4 nitrogen and oxygen atoms in total. The van der Waals surface area contributed by atoms with E-state index in [0.29, 0.717) is 11.5 Å². The Labute approximate surface area is 124 Å². The Morgan fingerprint density at radius 2 is 2.10 bits per heavy atom. The van der Waals surface area contributed by atoms with Gasteiger partial charge in [-0.25, -0.2) is 4.98 Å². The van der Waals surface area contributed by atoms with E-state index in [4.69, 9.17) is 18.0 Å². The molecule has 0 saturated heterocycles. The SMILES string of the molecule is CCCN(CCO)c1cc(C(N)=S)c2ccccc2n1. The first-order valence-corrected chi connectivity index (χ1v) is 7.13. The van der Waals surface area contributed by atoms with Crippen LogP contribution in [-0.2, 0) is 0 Å². The number of hydrogen-bond donors (Lipinski definition) is 2. The molecule has 20 heavy (non-hydrogen) atoms. The number of aliphatic hydroxyl groups excluding tert-OH is 1. The van der Waals surface area contributed by atoms with Gasteiger partial charge in [0.15, 0.2) is 0 Å². The summed E-state index contributed by atoms with van der Waals surface area (Å²) in [6.07, 6.45) is 0.983. The molecule has 3 N–H and O–H groups in total. The summed E-state index contributed by atoms with van der Waals surface area (Å²) in [7, 11) is 0. The van der Waals surface area contributed by atoms with Crippen molar-refractivity contribution in [1.82, 2.24) is 4.98 Å². The van der Waals surface area contributed by atoms with Gasteiger partial charge in [0.05, 0.1) is 12.1 Å². The van der Waals surface area contributed by atoms with Crippen molar-refractivity contribution in [1.29, 1.82) is 0 Å². The summed E-state index contributed by atoms with van der Waals surface area (Å²) in [5, 5.41) is 10.2. The molecule has 0 spiro atoms. The van der Waals surface area contributed by atoms with E-state index in [1.54, 1.807) is 0 Å². The van der Waals surface area contributed by atoms with Crippen LogP contribution in [0.25, 0.3) is 10.9 Å². The Morgan fingerprint density at radius 1 is 1.35 bits per heavy atom. The van der Waals surface area contributed by atoms with Crippen LogP contribution < -0.4 is 10.6 Å². The fraction of sp³-hybridized carbons (Fsp3) is 0.333. The molecule has 106 valence electrons. The van der Waals surface area contributed by atoms with Crippen LogP contribution >= 0.6 is 12.2 Å². The lowest BCUT2D eigenvalue weighted by molar-refractivity contribution is 0.301. The molecule has 0 aliphatic heterocycles. The van der Waals surface area contributed by atoms with Gasteiger partial charge in [-0.1, -0.05) is 37.3 Å². The predicted octanol–water partition coefficient (Wildman–Crippen LogP) is 2.08. The minimum atomic E-state index is 0.0942. The zero-order valence-electron chi connectivity index (χ0n) is 11.5. The molecular formula is C15H19N3OS. The normalized spacial score (nSPS) is 10.7. The van der Waals surface area contributed by atoms with Gasteiger partial charge in [0.25, 0.3) is 0 Å². The van der Waals surface area contributed by atoms with E-state index in [9.17, 15) is 5.11 Å². The number of aromatic nitrogens is 1. The largest absolute Gasteiger partial charge is 0.395 e. The number of nitrogens with zero attached hydrogens (tertiary/aromatic N) is 2. The maximum atomic E-state index is 9.20. The van der Waals surface area contributed by atoms with E-state index in [1.807, 2.05) is 35.2 Å². The van der Waals surface area contributed by atoms with Crippen LogP contribution in [0.4, 0.5) is 5.82 Å². The molecule has 0 bridgehead atoms. The molecule has 0 unspecified atom stereocenters. The van der Waals surface area contributed by atoms with Gasteiger partial charge in [-0.15, -0.1) is 0 Å². The van der Waals surface area contributed by atoms with E-state index in [-0.39, 0.29) is 6.61 Å². The molecule has 0 aliphatic rings. The molecule has 0 aliphatic carbocycles. The number of aliphatic hydroxyl groups is 1. The van der Waals surface area contributed by atoms with Crippen LogP contribution in [0.1, 0.15) is 18.9 Å². The van der Waals surface area contributed by atoms with E-state index in [1.165, 1.54) is 0 Å². The lowest BCUT2D eigenvalue weighted by Crippen LogP contribution is -2.28. The monoisotopic (exact) mass is 289 g/mol. The van der Waals surface area contributed by atoms with Gasteiger partial charge in [-0.2, -0.15) is 0 Å². The lowest BCUT2D eigenvalue weighted by atomic mass is 10.1.